The second-order valence-corrected chi connectivity index (χ2v) is 8.20. The van der Waals surface area contributed by atoms with Gasteiger partial charge in [0.05, 0.1) is 12.1 Å². The Bertz CT molecular complexity index is 618. The molecule has 3 rings (SSSR count). The van der Waals surface area contributed by atoms with E-state index in [1.165, 1.54) is 16.2 Å². The summed E-state index contributed by atoms with van der Waals surface area (Å²) < 4.78 is 0. The molecule has 24 heavy (non-hydrogen) atoms. The van der Waals surface area contributed by atoms with E-state index >= 15 is 0 Å². The fourth-order valence-corrected chi connectivity index (χ4v) is 4.12. The SMILES string of the molecule is CCCN1C[NH+](CCc2ccccc2)CC2=C1CC(C)(C)CC2=O. The maximum Gasteiger partial charge on any atom is 0.166 e. The molecule has 0 radical (unpaired) electrons. The van der Waals surface area contributed by atoms with Crippen molar-refractivity contribution >= 4 is 5.78 Å². The van der Waals surface area contributed by atoms with Crippen LogP contribution in [0.25, 0.3) is 0 Å². The number of hydrogen-bond acceptors (Lipinski definition) is 2. The highest BCUT2D eigenvalue weighted by Gasteiger charge is 2.39. The van der Waals surface area contributed by atoms with Crippen molar-refractivity contribution < 1.29 is 9.69 Å². The van der Waals surface area contributed by atoms with Crippen molar-refractivity contribution in [3.05, 3.63) is 47.2 Å². The van der Waals surface area contributed by atoms with Crippen LogP contribution in [0.3, 0.4) is 0 Å². The molecule has 3 heteroatoms. The molecule has 130 valence electrons. The Morgan fingerprint density at radius 1 is 1.17 bits per heavy atom. The molecule has 1 heterocycles. The molecule has 0 saturated heterocycles. The number of rotatable bonds is 5. The van der Waals surface area contributed by atoms with E-state index < -0.39 is 0 Å². The third-order valence-corrected chi connectivity index (χ3v) is 5.30. The van der Waals surface area contributed by atoms with Crippen LogP contribution in [0.2, 0.25) is 0 Å². The molecule has 0 saturated carbocycles. The second-order valence-electron chi connectivity index (χ2n) is 8.20. The van der Waals surface area contributed by atoms with Gasteiger partial charge in [0, 0.05) is 25.1 Å². The van der Waals surface area contributed by atoms with Crippen LogP contribution in [-0.2, 0) is 11.2 Å². The van der Waals surface area contributed by atoms with Crippen molar-refractivity contribution in [3.8, 4) is 0 Å². The summed E-state index contributed by atoms with van der Waals surface area (Å²) in [6, 6.07) is 10.7. The van der Waals surface area contributed by atoms with E-state index in [-0.39, 0.29) is 5.41 Å². The number of Topliss-reactive ketones (excluding diaryl/α,β-unsaturated/α-hetero) is 1. The predicted molar refractivity (Wildman–Crippen MR) is 97.8 cm³/mol. The molecule has 1 N–H and O–H groups in total. The molecule has 1 aliphatic carbocycles. The Kier molecular flexibility index (Phi) is 5.09. The van der Waals surface area contributed by atoms with E-state index in [0.717, 1.165) is 51.1 Å². The highest BCUT2D eigenvalue weighted by molar-refractivity contribution is 5.97. The van der Waals surface area contributed by atoms with E-state index in [2.05, 4.69) is 56.0 Å². The zero-order chi connectivity index (χ0) is 17.2. The van der Waals surface area contributed by atoms with E-state index in [1.807, 2.05) is 0 Å². The number of quaternary nitrogens is 1. The van der Waals surface area contributed by atoms with E-state index in [9.17, 15) is 4.79 Å². The second kappa shape index (κ2) is 7.10. The van der Waals surface area contributed by atoms with Crippen LogP contribution >= 0.6 is 0 Å². The van der Waals surface area contributed by atoms with Crippen LogP contribution in [0.15, 0.2) is 41.6 Å². The topological polar surface area (TPSA) is 24.8 Å². The van der Waals surface area contributed by atoms with E-state index in [4.69, 9.17) is 0 Å². The molecular formula is C21H31N2O+. The minimum absolute atomic E-state index is 0.115. The van der Waals surface area contributed by atoms with Gasteiger partial charge in [0.2, 0.25) is 0 Å². The van der Waals surface area contributed by atoms with Gasteiger partial charge in [0.25, 0.3) is 0 Å². The highest BCUT2D eigenvalue weighted by Crippen LogP contribution is 2.38. The maximum atomic E-state index is 12.7. The fraction of sp³-hybridized carbons (Fsp3) is 0.571. The van der Waals surface area contributed by atoms with Crippen LogP contribution < -0.4 is 4.90 Å². The zero-order valence-corrected chi connectivity index (χ0v) is 15.4. The normalized spacial score (nSPS) is 23.4. The maximum absolute atomic E-state index is 12.7. The van der Waals surface area contributed by atoms with Gasteiger partial charge < -0.3 is 9.80 Å². The quantitative estimate of drug-likeness (QED) is 0.898. The Morgan fingerprint density at radius 3 is 2.62 bits per heavy atom. The Balaban J connectivity index is 1.74. The number of carbonyl (C=O) groups is 1. The summed E-state index contributed by atoms with van der Waals surface area (Å²) in [4.78, 5) is 16.7. The smallest absolute Gasteiger partial charge is 0.166 e. The third kappa shape index (κ3) is 3.89. The molecule has 0 aromatic heterocycles. The first-order chi connectivity index (χ1) is 11.5. The van der Waals surface area contributed by atoms with Crippen LogP contribution in [0, 0.1) is 5.41 Å². The molecule has 0 amide bonds. The number of benzene rings is 1. The molecule has 1 unspecified atom stereocenters. The number of hydrogen-bond donors (Lipinski definition) is 1. The monoisotopic (exact) mass is 327 g/mol. The van der Waals surface area contributed by atoms with Crippen molar-refractivity contribution in [1.29, 1.82) is 0 Å². The molecule has 0 fully saturated rings. The van der Waals surface area contributed by atoms with Gasteiger partial charge >= 0.3 is 0 Å². The van der Waals surface area contributed by atoms with E-state index in [0.29, 0.717) is 12.2 Å². The summed E-state index contributed by atoms with van der Waals surface area (Å²) in [5.41, 5.74) is 3.98. The minimum atomic E-state index is 0.115. The Morgan fingerprint density at radius 2 is 1.92 bits per heavy atom. The molecule has 0 spiro atoms. The van der Waals surface area contributed by atoms with Crippen LogP contribution in [0.4, 0.5) is 0 Å². The fourth-order valence-electron chi connectivity index (χ4n) is 4.12. The summed E-state index contributed by atoms with van der Waals surface area (Å²) >= 11 is 0. The lowest BCUT2D eigenvalue weighted by atomic mass is 9.75. The molecule has 2 aliphatic rings. The third-order valence-electron chi connectivity index (χ3n) is 5.30. The molecule has 1 aromatic carbocycles. The molecule has 0 bridgehead atoms. The lowest BCUT2D eigenvalue weighted by molar-refractivity contribution is -0.907. The van der Waals surface area contributed by atoms with Gasteiger partial charge in [-0.2, -0.15) is 0 Å². The summed E-state index contributed by atoms with van der Waals surface area (Å²) in [5.74, 6) is 0.388. The zero-order valence-electron chi connectivity index (χ0n) is 15.4. The molecule has 1 aromatic rings. The average molecular weight is 327 g/mol. The van der Waals surface area contributed by atoms with Crippen molar-refractivity contribution in [2.75, 3.05) is 26.3 Å². The Labute approximate surface area is 146 Å². The number of nitrogens with zero attached hydrogens (tertiary/aromatic N) is 1. The Hall–Kier alpha value is -1.61. The number of allylic oxidation sites excluding steroid dienone is 1. The number of ketones is 1. The van der Waals surface area contributed by atoms with Crippen LogP contribution in [-0.4, -0.2) is 37.0 Å². The highest BCUT2D eigenvalue weighted by atomic mass is 16.1. The largest absolute Gasteiger partial charge is 0.328 e. The van der Waals surface area contributed by atoms with Gasteiger partial charge in [-0.3, -0.25) is 4.79 Å². The van der Waals surface area contributed by atoms with Crippen molar-refractivity contribution in [2.24, 2.45) is 5.41 Å². The van der Waals surface area contributed by atoms with Gasteiger partial charge in [-0.15, -0.1) is 0 Å². The first-order valence-electron chi connectivity index (χ1n) is 9.36. The summed E-state index contributed by atoms with van der Waals surface area (Å²) in [6.07, 6.45) is 3.98. The lowest BCUT2D eigenvalue weighted by Gasteiger charge is -2.43. The van der Waals surface area contributed by atoms with Crippen molar-refractivity contribution in [2.45, 2.75) is 46.5 Å². The van der Waals surface area contributed by atoms with Crippen molar-refractivity contribution in [3.63, 3.8) is 0 Å². The molecule has 1 aliphatic heterocycles. The summed E-state index contributed by atoms with van der Waals surface area (Å²) in [6.45, 7) is 10.8. The van der Waals surface area contributed by atoms with Gasteiger partial charge in [-0.25, -0.2) is 0 Å². The molecular weight excluding hydrogens is 296 g/mol. The van der Waals surface area contributed by atoms with Crippen LogP contribution in [0.1, 0.15) is 45.6 Å². The lowest BCUT2D eigenvalue weighted by Crippen LogP contribution is -3.15. The van der Waals surface area contributed by atoms with Gasteiger partial charge in [-0.1, -0.05) is 51.1 Å². The van der Waals surface area contributed by atoms with Gasteiger partial charge in [0.15, 0.2) is 12.5 Å². The van der Waals surface area contributed by atoms with Gasteiger partial charge in [-0.05, 0) is 23.8 Å². The predicted octanol–water partition coefficient (Wildman–Crippen LogP) is 2.44. The number of nitrogens with one attached hydrogen (secondary N) is 1. The average Bonchev–Trinajstić information content (AvgIpc) is 2.54. The molecule has 1 atom stereocenters. The molecule has 3 nitrogen and oxygen atoms in total. The minimum Gasteiger partial charge on any atom is -0.328 e. The van der Waals surface area contributed by atoms with E-state index in [1.54, 1.807) is 0 Å². The first kappa shape index (κ1) is 17.2. The summed E-state index contributed by atoms with van der Waals surface area (Å²) in [7, 11) is 0. The summed E-state index contributed by atoms with van der Waals surface area (Å²) in [5, 5.41) is 0. The standard InChI is InChI=1S/C21H30N2O/c1-4-11-23-16-22(12-10-17-8-6-5-7-9-17)15-18-19(23)13-21(2,3)14-20(18)24/h5-9H,4,10-16H2,1-3H3/p+1. The van der Waals surface area contributed by atoms with Crippen LogP contribution in [0.5, 0.6) is 0 Å². The van der Waals surface area contributed by atoms with Gasteiger partial charge in [0.1, 0.15) is 6.54 Å². The van der Waals surface area contributed by atoms with Crippen molar-refractivity contribution in [1.82, 2.24) is 4.90 Å². The number of carbonyl (C=O) groups excluding carboxylic acids is 1. The first-order valence-corrected chi connectivity index (χ1v) is 9.36.